The third kappa shape index (κ3) is 5.46. The summed E-state index contributed by atoms with van der Waals surface area (Å²) in [4.78, 5) is 3.80. The standard InChI is InChI=1S/C25H31NO8P2S2/c1-24(2,3)35(27,18-10-7-12-20(16-18)37(29,30)31)22-14-9-15-23(26-22)36(28,25(4,5)6)19-11-8-13-21(17-19)38(32,33)34/h7-17H,1-6H3,(H,29,30,31)(H,32,33,34). The second-order valence-electron chi connectivity index (χ2n) is 10.9. The molecule has 0 aliphatic heterocycles. The number of hydrogen-bond donors (Lipinski definition) is 2. The van der Waals surface area contributed by atoms with Gasteiger partial charge in [0.25, 0.3) is 20.2 Å². The summed E-state index contributed by atoms with van der Waals surface area (Å²) in [5, 5.41) is -1.65. The minimum absolute atomic E-state index is 0.0744. The van der Waals surface area contributed by atoms with Crippen LogP contribution in [0.1, 0.15) is 41.5 Å². The Balaban J connectivity index is 2.36. The zero-order chi connectivity index (χ0) is 28.9. The summed E-state index contributed by atoms with van der Waals surface area (Å²) < 4.78 is 96.0. The molecule has 38 heavy (non-hydrogen) atoms. The van der Waals surface area contributed by atoms with Gasteiger partial charge in [0.1, 0.15) is 10.9 Å². The lowest BCUT2D eigenvalue weighted by molar-refractivity contribution is 0.481. The summed E-state index contributed by atoms with van der Waals surface area (Å²) in [5.74, 6) is 0. The summed E-state index contributed by atoms with van der Waals surface area (Å²) in [6.45, 7) is 10.3. The molecule has 0 aliphatic carbocycles. The van der Waals surface area contributed by atoms with Crippen molar-refractivity contribution in [2.75, 3.05) is 0 Å². The minimum atomic E-state index is -4.57. The van der Waals surface area contributed by atoms with Crippen LogP contribution in [0, 0.1) is 0 Å². The molecule has 13 heteroatoms. The Bertz CT molecular complexity index is 1580. The van der Waals surface area contributed by atoms with E-state index in [2.05, 4.69) is 4.98 Å². The normalized spacial score (nSPS) is 16.4. The Morgan fingerprint density at radius 1 is 0.605 bits per heavy atom. The predicted octanol–water partition coefficient (Wildman–Crippen LogP) is 3.80. The quantitative estimate of drug-likeness (QED) is 0.318. The molecule has 1 heterocycles. The molecule has 0 saturated carbocycles. The maximum Gasteiger partial charge on any atom is 0.294 e. The topological polar surface area (TPSA) is 156 Å². The number of pyridine rings is 1. The van der Waals surface area contributed by atoms with Crippen LogP contribution >= 0.6 is 14.3 Å². The number of benzene rings is 2. The van der Waals surface area contributed by atoms with Crippen molar-refractivity contribution in [2.45, 2.75) is 61.6 Å². The lowest BCUT2D eigenvalue weighted by atomic mass is 10.3. The Labute approximate surface area is 224 Å². The van der Waals surface area contributed by atoms with Gasteiger partial charge in [0.15, 0.2) is 14.3 Å². The average Bonchev–Trinajstić information content (AvgIpc) is 2.80. The fourth-order valence-electron chi connectivity index (χ4n) is 4.17. The van der Waals surface area contributed by atoms with Gasteiger partial charge in [-0.1, -0.05) is 71.9 Å². The molecule has 3 aromatic rings. The molecule has 2 atom stereocenters. The minimum Gasteiger partial charge on any atom is -0.311 e. The molecule has 0 saturated heterocycles. The van der Waals surface area contributed by atoms with Crippen molar-refractivity contribution in [3.8, 4) is 0 Å². The van der Waals surface area contributed by atoms with Crippen molar-refractivity contribution in [2.24, 2.45) is 0 Å². The van der Waals surface area contributed by atoms with Gasteiger partial charge in [-0.2, -0.15) is 16.8 Å². The molecule has 1 aromatic heterocycles. The zero-order valence-electron chi connectivity index (χ0n) is 21.9. The summed E-state index contributed by atoms with van der Waals surface area (Å²) in [6.07, 6.45) is 0. The molecule has 0 radical (unpaired) electrons. The highest BCUT2D eigenvalue weighted by Gasteiger charge is 2.45. The molecule has 0 fully saturated rings. The van der Waals surface area contributed by atoms with Crippen molar-refractivity contribution in [1.29, 1.82) is 0 Å². The van der Waals surface area contributed by atoms with Gasteiger partial charge < -0.3 is 9.13 Å². The molecular weight excluding hydrogens is 568 g/mol. The lowest BCUT2D eigenvalue weighted by Crippen LogP contribution is -2.38. The second kappa shape index (κ2) is 9.81. The molecule has 2 aromatic carbocycles. The highest BCUT2D eigenvalue weighted by molar-refractivity contribution is 7.86. The van der Waals surface area contributed by atoms with Gasteiger partial charge in [-0.3, -0.25) is 9.11 Å². The number of aromatic nitrogens is 1. The van der Waals surface area contributed by atoms with E-state index >= 15 is 0 Å². The van der Waals surface area contributed by atoms with E-state index in [-0.39, 0.29) is 21.5 Å². The fourth-order valence-corrected chi connectivity index (χ4v) is 11.3. The van der Waals surface area contributed by atoms with E-state index in [0.717, 1.165) is 12.1 Å². The highest BCUT2D eigenvalue weighted by atomic mass is 32.2. The van der Waals surface area contributed by atoms with Gasteiger partial charge in [0, 0.05) is 20.9 Å². The van der Waals surface area contributed by atoms with Crippen LogP contribution in [0.4, 0.5) is 0 Å². The van der Waals surface area contributed by atoms with Crippen LogP contribution in [0.3, 0.4) is 0 Å². The molecule has 206 valence electrons. The number of rotatable bonds is 6. The Morgan fingerprint density at radius 3 is 1.21 bits per heavy atom. The first-order valence-corrected chi connectivity index (χ1v) is 17.8. The van der Waals surface area contributed by atoms with Crippen molar-refractivity contribution in [3.63, 3.8) is 0 Å². The predicted molar refractivity (Wildman–Crippen MR) is 150 cm³/mol. The lowest BCUT2D eigenvalue weighted by Gasteiger charge is -2.34. The van der Waals surface area contributed by atoms with E-state index in [1.165, 1.54) is 48.5 Å². The monoisotopic (exact) mass is 599 g/mol. The molecule has 3 rings (SSSR count). The Hall–Kier alpha value is -2.13. The Kier molecular flexibility index (Phi) is 7.85. The third-order valence-electron chi connectivity index (χ3n) is 6.21. The van der Waals surface area contributed by atoms with Gasteiger partial charge >= 0.3 is 0 Å². The first kappa shape index (κ1) is 30.4. The van der Waals surface area contributed by atoms with E-state index in [0.29, 0.717) is 0 Å². The van der Waals surface area contributed by atoms with Crippen LogP contribution in [-0.2, 0) is 29.4 Å². The van der Waals surface area contributed by atoms with E-state index < -0.39 is 54.6 Å². The van der Waals surface area contributed by atoms with E-state index in [9.17, 15) is 35.1 Å². The molecule has 0 spiro atoms. The van der Waals surface area contributed by atoms with Gasteiger partial charge in [0.05, 0.1) is 9.79 Å². The van der Waals surface area contributed by atoms with Gasteiger partial charge in [-0.05, 0) is 36.4 Å². The summed E-state index contributed by atoms with van der Waals surface area (Å²) in [6, 6.07) is 15.0. The number of hydrogen-bond acceptors (Lipinski definition) is 7. The maximum absolute atomic E-state index is 14.8. The molecule has 9 nitrogen and oxygen atoms in total. The summed E-state index contributed by atoms with van der Waals surface area (Å²) in [5.41, 5.74) is 0.149. The maximum atomic E-state index is 14.8. The van der Waals surface area contributed by atoms with Gasteiger partial charge in [-0.25, -0.2) is 4.98 Å². The van der Waals surface area contributed by atoms with Crippen LogP contribution in [0.15, 0.2) is 76.5 Å². The van der Waals surface area contributed by atoms with Crippen molar-refractivity contribution < 1.29 is 35.1 Å². The molecule has 2 unspecified atom stereocenters. The van der Waals surface area contributed by atoms with Crippen molar-refractivity contribution >= 4 is 56.0 Å². The smallest absolute Gasteiger partial charge is 0.294 e. The molecule has 2 N–H and O–H groups in total. The van der Waals surface area contributed by atoms with Crippen LogP contribution in [-0.4, -0.2) is 41.2 Å². The summed E-state index contributed by atoms with van der Waals surface area (Å²) >= 11 is 0. The van der Waals surface area contributed by atoms with Crippen molar-refractivity contribution in [1.82, 2.24) is 4.98 Å². The highest BCUT2D eigenvalue weighted by Crippen LogP contribution is 2.57. The molecule has 0 aliphatic rings. The van der Waals surface area contributed by atoms with E-state index in [1.54, 1.807) is 47.6 Å². The fraction of sp³-hybridized carbons (Fsp3) is 0.320. The zero-order valence-corrected chi connectivity index (χ0v) is 25.3. The number of nitrogens with zero attached hydrogens (tertiary/aromatic N) is 1. The van der Waals surface area contributed by atoms with E-state index in [1.807, 2.05) is 0 Å². The second-order valence-corrected chi connectivity index (χ2v) is 20.8. The van der Waals surface area contributed by atoms with Crippen LogP contribution < -0.4 is 21.5 Å². The van der Waals surface area contributed by atoms with Crippen LogP contribution in [0.25, 0.3) is 0 Å². The van der Waals surface area contributed by atoms with Gasteiger partial charge in [0.2, 0.25) is 0 Å². The molecular formula is C25H31NO8P2S2. The first-order chi connectivity index (χ1) is 17.1. The third-order valence-corrected chi connectivity index (χ3v) is 15.5. The first-order valence-electron chi connectivity index (χ1n) is 11.5. The van der Waals surface area contributed by atoms with Crippen LogP contribution in [0.2, 0.25) is 0 Å². The SMILES string of the molecule is CC(C)(C)P(=O)(c1cccc(S(=O)(=O)O)c1)c1cccc(P(=O)(c2cccc(S(=O)(=O)O)c2)C(C)(C)C)n1. The Morgan fingerprint density at radius 2 is 0.921 bits per heavy atom. The van der Waals surface area contributed by atoms with Crippen LogP contribution in [0.5, 0.6) is 0 Å². The molecule has 0 bridgehead atoms. The largest absolute Gasteiger partial charge is 0.311 e. The average molecular weight is 600 g/mol. The van der Waals surface area contributed by atoms with Crippen molar-refractivity contribution in [3.05, 3.63) is 66.7 Å². The summed E-state index contributed by atoms with van der Waals surface area (Å²) in [7, 11) is -16.6. The molecule has 0 amide bonds. The van der Waals surface area contributed by atoms with Gasteiger partial charge in [-0.15, -0.1) is 0 Å². The van der Waals surface area contributed by atoms with E-state index in [4.69, 9.17) is 0 Å².